The lowest BCUT2D eigenvalue weighted by atomic mass is 10.1. The minimum absolute atomic E-state index is 0.0359. The Bertz CT molecular complexity index is 1380. The molecule has 4 N–H and O–H groups in total. The molecule has 0 saturated heterocycles. The maximum Gasteiger partial charge on any atom is 0.352 e. The molecule has 0 aliphatic heterocycles. The third kappa shape index (κ3) is 5.14. The summed E-state index contributed by atoms with van der Waals surface area (Å²) in [6, 6.07) is 15.5. The van der Waals surface area contributed by atoms with E-state index in [0.29, 0.717) is 11.4 Å². The van der Waals surface area contributed by atoms with Crippen LogP contribution in [0.15, 0.2) is 71.9 Å². The van der Waals surface area contributed by atoms with Gasteiger partial charge in [-0.25, -0.2) is 4.79 Å². The van der Waals surface area contributed by atoms with Crippen LogP contribution in [0, 0.1) is 0 Å². The number of fused-ring (bicyclic) bond motifs is 1. The lowest BCUT2D eigenvalue weighted by Gasteiger charge is -2.10. The van der Waals surface area contributed by atoms with Crippen LogP contribution >= 0.6 is 22.9 Å². The minimum atomic E-state index is -1.28. The summed E-state index contributed by atoms with van der Waals surface area (Å²) in [5.74, 6) is -2.31. The van der Waals surface area contributed by atoms with Gasteiger partial charge in [0.25, 0.3) is 11.8 Å². The smallest absolute Gasteiger partial charge is 0.352 e. The summed E-state index contributed by atoms with van der Waals surface area (Å²) in [5, 5.41) is 17.5. The fourth-order valence-electron chi connectivity index (χ4n) is 3.28. The summed E-state index contributed by atoms with van der Waals surface area (Å²) in [7, 11) is 0. The molecule has 0 radical (unpaired) electrons. The average molecular weight is 480 g/mol. The first kappa shape index (κ1) is 22.3. The highest BCUT2D eigenvalue weighted by molar-refractivity contribution is 7.10. The van der Waals surface area contributed by atoms with Gasteiger partial charge in [0.1, 0.15) is 5.70 Å². The second kappa shape index (κ2) is 9.72. The predicted octanol–water partition coefficient (Wildman–Crippen LogP) is 4.67. The van der Waals surface area contributed by atoms with E-state index in [1.807, 2.05) is 30.5 Å². The number of aromatic amines is 1. The molecule has 33 heavy (non-hydrogen) atoms. The van der Waals surface area contributed by atoms with Gasteiger partial charge in [-0.15, -0.1) is 11.3 Å². The molecule has 2 heterocycles. The van der Waals surface area contributed by atoms with Crippen molar-refractivity contribution in [3.63, 3.8) is 0 Å². The molecule has 0 unspecified atom stereocenters. The van der Waals surface area contributed by atoms with Crippen LogP contribution in [0.3, 0.4) is 0 Å². The fourth-order valence-corrected chi connectivity index (χ4v) is 4.20. The van der Waals surface area contributed by atoms with E-state index in [4.69, 9.17) is 11.6 Å². The van der Waals surface area contributed by atoms with E-state index in [-0.39, 0.29) is 27.8 Å². The Morgan fingerprint density at radius 2 is 1.91 bits per heavy atom. The van der Waals surface area contributed by atoms with Gasteiger partial charge in [-0.05, 0) is 53.4 Å². The van der Waals surface area contributed by atoms with Crippen LogP contribution in [0.25, 0.3) is 17.0 Å². The van der Waals surface area contributed by atoms with Gasteiger partial charge in [-0.3, -0.25) is 9.59 Å². The highest BCUT2D eigenvalue weighted by Crippen LogP contribution is 2.20. The Kier molecular flexibility index (Phi) is 6.58. The van der Waals surface area contributed by atoms with E-state index in [9.17, 15) is 19.5 Å². The number of hydrogen-bond donors (Lipinski definition) is 4. The highest BCUT2D eigenvalue weighted by atomic mass is 35.5. The predicted molar refractivity (Wildman–Crippen MR) is 128 cm³/mol. The van der Waals surface area contributed by atoms with Crippen molar-refractivity contribution in [3.05, 3.63) is 98.5 Å². The standard InChI is InChI=1S/C24H18ClN3O4S/c25-19-11-14(22(29)27-13-15-3-1-5-20-17(15)8-9-26-20)6-7-18(19)23(30)28-21(24(31)32)12-16-4-2-10-33-16/h1-12,26H,13H2,(H,27,29)(H,28,30)(H,31,32). The molecule has 4 aromatic rings. The lowest BCUT2D eigenvalue weighted by molar-refractivity contribution is -0.132. The largest absolute Gasteiger partial charge is 0.477 e. The van der Waals surface area contributed by atoms with Crippen molar-refractivity contribution in [2.75, 3.05) is 0 Å². The molecule has 0 fully saturated rings. The van der Waals surface area contributed by atoms with Crippen molar-refractivity contribution in [1.29, 1.82) is 0 Å². The molecule has 2 aromatic carbocycles. The number of halogens is 1. The summed E-state index contributed by atoms with van der Waals surface area (Å²) in [6.45, 7) is 0.323. The van der Waals surface area contributed by atoms with E-state index in [2.05, 4.69) is 15.6 Å². The van der Waals surface area contributed by atoms with Crippen LogP contribution in [-0.4, -0.2) is 27.9 Å². The van der Waals surface area contributed by atoms with Crippen LogP contribution in [-0.2, 0) is 11.3 Å². The zero-order chi connectivity index (χ0) is 23.4. The quantitative estimate of drug-likeness (QED) is 0.289. The normalized spacial score (nSPS) is 11.4. The Balaban J connectivity index is 1.45. The molecule has 2 aromatic heterocycles. The van der Waals surface area contributed by atoms with Crippen LogP contribution in [0.5, 0.6) is 0 Å². The molecule has 0 aliphatic rings. The third-order valence-electron chi connectivity index (χ3n) is 4.91. The number of carbonyl (C=O) groups is 3. The molecular formula is C24H18ClN3O4S. The second-order valence-electron chi connectivity index (χ2n) is 7.07. The van der Waals surface area contributed by atoms with Crippen molar-refractivity contribution >= 4 is 57.7 Å². The van der Waals surface area contributed by atoms with Crippen molar-refractivity contribution in [2.45, 2.75) is 6.54 Å². The number of thiophene rings is 1. The molecule has 0 saturated carbocycles. The fraction of sp³-hybridized carbons (Fsp3) is 0.0417. The number of carboxylic acids is 1. The Morgan fingerprint density at radius 1 is 1.06 bits per heavy atom. The molecular weight excluding hydrogens is 462 g/mol. The van der Waals surface area contributed by atoms with Crippen LogP contribution in [0.4, 0.5) is 0 Å². The number of carboxylic acid groups (broad SMARTS) is 1. The molecule has 0 spiro atoms. The van der Waals surface area contributed by atoms with E-state index in [1.54, 1.807) is 17.5 Å². The maximum atomic E-state index is 12.6. The summed E-state index contributed by atoms with van der Waals surface area (Å²) in [4.78, 5) is 40.5. The molecule has 4 rings (SSSR count). The summed E-state index contributed by atoms with van der Waals surface area (Å²) >= 11 is 7.59. The first-order valence-electron chi connectivity index (χ1n) is 9.85. The first-order chi connectivity index (χ1) is 15.9. The van der Waals surface area contributed by atoms with Gasteiger partial charge < -0.3 is 20.7 Å². The molecule has 2 amide bonds. The third-order valence-corrected chi connectivity index (χ3v) is 6.04. The van der Waals surface area contributed by atoms with Gasteiger partial charge in [0, 0.05) is 34.1 Å². The highest BCUT2D eigenvalue weighted by Gasteiger charge is 2.18. The van der Waals surface area contributed by atoms with Crippen molar-refractivity contribution < 1.29 is 19.5 Å². The SMILES string of the molecule is O=C(O)C(=Cc1cccs1)NC(=O)c1ccc(C(=O)NCc2cccc3[nH]ccc23)cc1Cl. The van der Waals surface area contributed by atoms with Crippen molar-refractivity contribution in [2.24, 2.45) is 0 Å². The number of benzene rings is 2. The van der Waals surface area contributed by atoms with Gasteiger partial charge in [-0.2, -0.15) is 0 Å². The zero-order valence-electron chi connectivity index (χ0n) is 17.1. The molecule has 166 valence electrons. The Morgan fingerprint density at radius 3 is 2.64 bits per heavy atom. The Hall–Kier alpha value is -3.88. The van der Waals surface area contributed by atoms with Crippen molar-refractivity contribution in [3.8, 4) is 0 Å². The van der Waals surface area contributed by atoms with Gasteiger partial charge in [0.15, 0.2) is 0 Å². The number of H-pyrrole nitrogens is 1. The monoisotopic (exact) mass is 479 g/mol. The van der Waals surface area contributed by atoms with Crippen LogP contribution < -0.4 is 10.6 Å². The van der Waals surface area contributed by atoms with Gasteiger partial charge in [0.2, 0.25) is 0 Å². The van der Waals surface area contributed by atoms with Crippen molar-refractivity contribution in [1.82, 2.24) is 15.6 Å². The molecule has 0 bridgehead atoms. The minimum Gasteiger partial charge on any atom is -0.477 e. The number of carbonyl (C=O) groups excluding carboxylic acids is 2. The first-order valence-corrected chi connectivity index (χ1v) is 11.1. The van der Waals surface area contributed by atoms with E-state index in [1.165, 1.54) is 35.6 Å². The molecule has 0 aliphatic carbocycles. The summed E-state index contributed by atoms with van der Waals surface area (Å²) < 4.78 is 0. The average Bonchev–Trinajstić information content (AvgIpc) is 3.48. The number of amides is 2. The lowest BCUT2D eigenvalue weighted by Crippen LogP contribution is -2.28. The van der Waals surface area contributed by atoms with E-state index < -0.39 is 11.9 Å². The number of hydrogen-bond acceptors (Lipinski definition) is 4. The van der Waals surface area contributed by atoms with Gasteiger partial charge >= 0.3 is 5.97 Å². The topological polar surface area (TPSA) is 111 Å². The molecule has 7 nitrogen and oxygen atoms in total. The number of aliphatic carboxylic acids is 1. The number of aromatic nitrogens is 1. The Labute approximate surface area is 197 Å². The van der Waals surface area contributed by atoms with Gasteiger partial charge in [0.05, 0.1) is 10.6 Å². The summed E-state index contributed by atoms with van der Waals surface area (Å²) in [6.07, 6.45) is 3.20. The zero-order valence-corrected chi connectivity index (χ0v) is 18.7. The number of rotatable bonds is 7. The maximum absolute atomic E-state index is 12.6. The second-order valence-corrected chi connectivity index (χ2v) is 8.45. The summed E-state index contributed by atoms with van der Waals surface area (Å²) in [5.41, 5.74) is 2.00. The molecule has 0 atom stereocenters. The molecule has 9 heteroatoms. The van der Waals surface area contributed by atoms with Crippen LogP contribution in [0.2, 0.25) is 5.02 Å². The number of nitrogens with one attached hydrogen (secondary N) is 3. The van der Waals surface area contributed by atoms with E-state index in [0.717, 1.165) is 16.5 Å². The van der Waals surface area contributed by atoms with E-state index >= 15 is 0 Å². The van der Waals surface area contributed by atoms with Crippen LogP contribution in [0.1, 0.15) is 31.2 Å². The van der Waals surface area contributed by atoms with Gasteiger partial charge in [-0.1, -0.05) is 29.8 Å².